The Balaban J connectivity index is 1.40. The first-order valence-electron chi connectivity index (χ1n) is 9.25. The molecule has 0 spiro atoms. The van der Waals surface area contributed by atoms with Crippen LogP contribution in [0.4, 0.5) is 0 Å². The maximum absolute atomic E-state index is 12.8. The largest absolute Gasteiger partial charge is 0.339 e. The van der Waals surface area contributed by atoms with Crippen molar-refractivity contribution in [2.24, 2.45) is 5.92 Å². The van der Waals surface area contributed by atoms with Crippen LogP contribution in [0.25, 0.3) is 5.78 Å². The summed E-state index contributed by atoms with van der Waals surface area (Å²) in [6.45, 7) is 0.891. The first-order valence-corrected chi connectivity index (χ1v) is 9.25. The third-order valence-electron chi connectivity index (χ3n) is 5.50. The van der Waals surface area contributed by atoms with Gasteiger partial charge in [-0.05, 0) is 31.2 Å². The smallest absolute Gasteiger partial charge is 0.252 e. The van der Waals surface area contributed by atoms with E-state index in [4.69, 9.17) is 0 Å². The van der Waals surface area contributed by atoms with Gasteiger partial charge in [0.05, 0.1) is 6.42 Å². The molecular formula is C18H25N5O. The van der Waals surface area contributed by atoms with Crippen molar-refractivity contribution in [3.63, 3.8) is 0 Å². The molecule has 0 unspecified atom stereocenters. The van der Waals surface area contributed by atoms with Crippen molar-refractivity contribution in [2.45, 2.75) is 63.8 Å². The van der Waals surface area contributed by atoms with Gasteiger partial charge in [-0.25, -0.2) is 9.50 Å². The summed E-state index contributed by atoms with van der Waals surface area (Å²) in [4.78, 5) is 23.4. The standard InChI is InChI=1S/C18H25N5O/c24-17(13-16-20-18-19-9-5-11-23(18)21-16)22-10-4-8-15(22)12-14-6-2-1-3-7-14/h5,9,11,14-15H,1-4,6-8,10,12-13H2/t15-/m0/s1. The maximum Gasteiger partial charge on any atom is 0.252 e. The predicted octanol–water partition coefficient (Wildman–Crippen LogP) is 2.63. The van der Waals surface area contributed by atoms with Crippen LogP contribution in [-0.2, 0) is 11.2 Å². The molecule has 0 aromatic carbocycles. The number of likely N-dealkylation sites (tertiary alicyclic amines) is 1. The fourth-order valence-electron chi connectivity index (χ4n) is 4.30. The SMILES string of the molecule is O=C(Cc1nc2ncccn2n1)N1CCC[C@H]1CC1CCCCC1. The van der Waals surface area contributed by atoms with Crippen LogP contribution in [0.15, 0.2) is 18.5 Å². The molecule has 0 N–H and O–H groups in total. The minimum atomic E-state index is 0.171. The van der Waals surface area contributed by atoms with Crippen LogP contribution in [0, 0.1) is 5.92 Å². The molecule has 2 aromatic rings. The van der Waals surface area contributed by atoms with Crippen LogP contribution in [0.5, 0.6) is 0 Å². The van der Waals surface area contributed by atoms with E-state index in [1.165, 1.54) is 38.5 Å². The van der Waals surface area contributed by atoms with E-state index >= 15 is 0 Å². The average Bonchev–Trinajstić information content (AvgIpc) is 3.21. The third-order valence-corrected chi connectivity index (χ3v) is 5.50. The Kier molecular flexibility index (Phi) is 4.45. The zero-order valence-electron chi connectivity index (χ0n) is 14.1. The van der Waals surface area contributed by atoms with Crippen LogP contribution in [0.2, 0.25) is 0 Å². The lowest BCUT2D eigenvalue weighted by atomic mass is 9.84. The van der Waals surface area contributed by atoms with Crippen molar-refractivity contribution in [2.75, 3.05) is 6.54 Å². The Morgan fingerprint density at radius 2 is 2.04 bits per heavy atom. The summed E-state index contributed by atoms with van der Waals surface area (Å²) >= 11 is 0. The van der Waals surface area contributed by atoms with Crippen molar-refractivity contribution in [1.29, 1.82) is 0 Å². The molecule has 128 valence electrons. The molecule has 0 radical (unpaired) electrons. The van der Waals surface area contributed by atoms with Gasteiger partial charge in [0.1, 0.15) is 0 Å². The molecule has 1 atom stereocenters. The number of rotatable bonds is 4. The van der Waals surface area contributed by atoms with E-state index in [2.05, 4.69) is 20.0 Å². The molecule has 1 amide bonds. The monoisotopic (exact) mass is 327 g/mol. The van der Waals surface area contributed by atoms with Gasteiger partial charge in [-0.2, -0.15) is 4.98 Å². The summed E-state index contributed by atoms with van der Waals surface area (Å²) in [5.41, 5.74) is 0. The lowest BCUT2D eigenvalue weighted by Crippen LogP contribution is -2.38. The number of aromatic nitrogens is 4. The van der Waals surface area contributed by atoms with Gasteiger partial charge in [0.2, 0.25) is 5.91 Å². The van der Waals surface area contributed by atoms with Gasteiger partial charge in [0, 0.05) is 25.0 Å². The maximum atomic E-state index is 12.8. The van der Waals surface area contributed by atoms with Gasteiger partial charge in [-0.1, -0.05) is 32.1 Å². The molecule has 3 heterocycles. The normalized spacial score (nSPS) is 22.3. The Morgan fingerprint density at radius 1 is 1.17 bits per heavy atom. The van der Waals surface area contributed by atoms with Crippen molar-refractivity contribution in [1.82, 2.24) is 24.5 Å². The Morgan fingerprint density at radius 3 is 2.88 bits per heavy atom. The number of amides is 1. The van der Waals surface area contributed by atoms with E-state index < -0.39 is 0 Å². The fourth-order valence-corrected chi connectivity index (χ4v) is 4.30. The second kappa shape index (κ2) is 6.87. The summed E-state index contributed by atoms with van der Waals surface area (Å²) < 4.78 is 1.63. The fraction of sp³-hybridized carbons (Fsp3) is 0.667. The van der Waals surface area contributed by atoms with Crippen molar-refractivity contribution < 1.29 is 4.79 Å². The molecule has 1 aliphatic heterocycles. The van der Waals surface area contributed by atoms with Crippen LogP contribution >= 0.6 is 0 Å². The average molecular weight is 327 g/mol. The number of hydrogen-bond acceptors (Lipinski definition) is 4. The van der Waals surface area contributed by atoms with Crippen molar-refractivity contribution in [3.05, 3.63) is 24.3 Å². The minimum absolute atomic E-state index is 0.171. The van der Waals surface area contributed by atoms with Crippen molar-refractivity contribution >= 4 is 11.7 Å². The number of carbonyl (C=O) groups excluding carboxylic acids is 1. The van der Waals surface area contributed by atoms with E-state index in [0.717, 1.165) is 25.3 Å². The molecule has 6 heteroatoms. The summed E-state index contributed by atoms with van der Waals surface area (Å²) in [5, 5.41) is 4.36. The highest BCUT2D eigenvalue weighted by atomic mass is 16.2. The molecule has 2 fully saturated rings. The first kappa shape index (κ1) is 15.5. The van der Waals surface area contributed by atoms with Crippen LogP contribution in [0.3, 0.4) is 0 Å². The zero-order valence-corrected chi connectivity index (χ0v) is 14.1. The molecule has 4 rings (SSSR count). The molecule has 1 saturated heterocycles. The molecule has 2 aliphatic rings. The number of carbonyl (C=O) groups is 1. The van der Waals surface area contributed by atoms with Gasteiger partial charge in [0.15, 0.2) is 5.82 Å². The van der Waals surface area contributed by atoms with Crippen LogP contribution < -0.4 is 0 Å². The molecule has 6 nitrogen and oxygen atoms in total. The summed E-state index contributed by atoms with van der Waals surface area (Å²) in [6.07, 6.45) is 14.1. The second-order valence-electron chi connectivity index (χ2n) is 7.19. The predicted molar refractivity (Wildman–Crippen MR) is 90.4 cm³/mol. The highest BCUT2D eigenvalue weighted by molar-refractivity contribution is 5.78. The Hall–Kier alpha value is -1.98. The molecule has 0 bridgehead atoms. The zero-order chi connectivity index (χ0) is 16.4. The summed E-state index contributed by atoms with van der Waals surface area (Å²) in [5.74, 6) is 2.11. The molecule has 24 heavy (non-hydrogen) atoms. The van der Waals surface area contributed by atoms with Gasteiger partial charge < -0.3 is 4.90 Å². The highest BCUT2D eigenvalue weighted by Gasteiger charge is 2.31. The number of nitrogens with zero attached hydrogens (tertiary/aromatic N) is 5. The lowest BCUT2D eigenvalue weighted by molar-refractivity contribution is -0.131. The number of fused-ring (bicyclic) bond motifs is 1. The molecule has 1 saturated carbocycles. The third kappa shape index (κ3) is 3.28. The Labute approximate surface area is 142 Å². The first-order chi connectivity index (χ1) is 11.8. The Bertz CT molecular complexity index is 673. The van der Waals surface area contributed by atoms with Gasteiger partial charge in [0.25, 0.3) is 5.78 Å². The molecule has 2 aromatic heterocycles. The molecule has 1 aliphatic carbocycles. The van der Waals surface area contributed by atoms with Gasteiger partial charge in [-0.3, -0.25) is 4.79 Å². The quantitative estimate of drug-likeness (QED) is 0.866. The van der Waals surface area contributed by atoms with Crippen LogP contribution in [0.1, 0.15) is 57.2 Å². The van der Waals surface area contributed by atoms with E-state index in [1.54, 1.807) is 10.7 Å². The molecular weight excluding hydrogens is 302 g/mol. The van der Waals surface area contributed by atoms with E-state index in [-0.39, 0.29) is 12.3 Å². The highest BCUT2D eigenvalue weighted by Crippen LogP contribution is 2.32. The summed E-state index contributed by atoms with van der Waals surface area (Å²) in [7, 11) is 0. The van der Waals surface area contributed by atoms with Gasteiger partial charge in [-0.15, -0.1) is 5.10 Å². The van der Waals surface area contributed by atoms with Crippen LogP contribution in [-0.4, -0.2) is 43.0 Å². The number of hydrogen-bond donors (Lipinski definition) is 0. The second-order valence-corrected chi connectivity index (χ2v) is 7.19. The van der Waals surface area contributed by atoms with Crippen molar-refractivity contribution in [3.8, 4) is 0 Å². The lowest BCUT2D eigenvalue weighted by Gasteiger charge is -2.30. The topological polar surface area (TPSA) is 63.4 Å². The van der Waals surface area contributed by atoms with Gasteiger partial charge >= 0.3 is 0 Å². The van der Waals surface area contributed by atoms with E-state index in [9.17, 15) is 4.79 Å². The van der Waals surface area contributed by atoms with E-state index in [0.29, 0.717) is 17.6 Å². The minimum Gasteiger partial charge on any atom is -0.339 e. The summed E-state index contributed by atoms with van der Waals surface area (Å²) in [6, 6.07) is 2.24. The van der Waals surface area contributed by atoms with E-state index in [1.807, 2.05) is 12.3 Å².